The van der Waals surface area contributed by atoms with E-state index in [2.05, 4.69) is 20.4 Å². The average molecular weight is 271 g/mol. The van der Waals surface area contributed by atoms with Crippen molar-refractivity contribution in [2.45, 2.75) is 19.6 Å². The van der Waals surface area contributed by atoms with Gasteiger partial charge in [0.25, 0.3) is 0 Å². The Balaban J connectivity index is 2.21. The fourth-order valence-electron chi connectivity index (χ4n) is 1.57. The van der Waals surface area contributed by atoms with Crippen molar-refractivity contribution < 1.29 is 13.2 Å². The lowest BCUT2D eigenvalue weighted by molar-refractivity contribution is -0.141. The van der Waals surface area contributed by atoms with Crippen LogP contribution in [0.2, 0.25) is 0 Å². The van der Waals surface area contributed by atoms with E-state index >= 15 is 0 Å². The molecule has 19 heavy (non-hydrogen) atoms. The Labute approximate surface area is 107 Å². The van der Waals surface area contributed by atoms with Gasteiger partial charge in [0.1, 0.15) is 12.4 Å². The van der Waals surface area contributed by atoms with Crippen LogP contribution in [0.25, 0.3) is 0 Å². The van der Waals surface area contributed by atoms with Gasteiger partial charge < -0.3 is 5.32 Å². The summed E-state index contributed by atoms with van der Waals surface area (Å²) in [4.78, 5) is 8.31. The molecule has 0 aliphatic rings. The molecule has 0 aliphatic heterocycles. The van der Waals surface area contributed by atoms with Crippen LogP contribution in [0.3, 0.4) is 0 Å². The van der Waals surface area contributed by atoms with Crippen molar-refractivity contribution in [1.82, 2.24) is 19.7 Å². The summed E-state index contributed by atoms with van der Waals surface area (Å²) in [6, 6.07) is 2.67. The van der Waals surface area contributed by atoms with Crippen LogP contribution >= 0.6 is 0 Å². The Kier molecular flexibility index (Phi) is 3.41. The number of halogens is 3. The number of nitrogens with one attached hydrogen (secondary N) is 1. The van der Waals surface area contributed by atoms with Gasteiger partial charge in [-0.05, 0) is 13.0 Å². The van der Waals surface area contributed by atoms with Crippen molar-refractivity contribution in [2.24, 2.45) is 0 Å². The van der Waals surface area contributed by atoms with Crippen molar-refractivity contribution in [2.75, 3.05) is 12.4 Å². The monoisotopic (exact) mass is 271 g/mol. The number of nitrogens with zero attached hydrogens (tertiary/aromatic N) is 4. The smallest absolute Gasteiger partial charge is 0.373 e. The molecular formula is C11H12F3N5. The molecule has 0 fully saturated rings. The SMILES string of the molecule is CNc1cc(C)nc(Cn2ccc(C(F)(F)F)n2)n1. The summed E-state index contributed by atoms with van der Waals surface area (Å²) in [5.74, 6) is 1.02. The summed E-state index contributed by atoms with van der Waals surface area (Å²) in [7, 11) is 1.71. The van der Waals surface area contributed by atoms with Crippen LogP contribution in [0.5, 0.6) is 0 Å². The number of hydrogen-bond acceptors (Lipinski definition) is 4. The minimum absolute atomic E-state index is 0.0897. The standard InChI is InChI=1S/C11H12F3N5/c1-7-5-9(15-2)17-10(16-7)6-19-4-3-8(18-19)11(12,13)14/h3-5H,6H2,1-2H3,(H,15,16,17). The first-order valence-electron chi connectivity index (χ1n) is 5.51. The van der Waals surface area contributed by atoms with E-state index in [1.807, 2.05) is 0 Å². The number of hydrogen-bond donors (Lipinski definition) is 1. The van der Waals surface area contributed by atoms with Gasteiger partial charge in [0.05, 0.1) is 0 Å². The van der Waals surface area contributed by atoms with E-state index in [0.29, 0.717) is 11.6 Å². The number of aromatic nitrogens is 4. The Morgan fingerprint density at radius 2 is 2.05 bits per heavy atom. The molecule has 5 nitrogen and oxygen atoms in total. The molecule has 2 aromatic heterocycles. The highest BCUT2D eigenvalue weighted by Crippen LogP contribution is 2.27. The zero-order valence-electron chi connectivity index (χ0n) is 10.4. The van der Waals surface area contributed by atoms with Crippen molar-refractivity contribution in [3.05, 3.63) is 35.5 Å². The van der Waals surface area contributed by atoms with Crippen LogP contribution in [0.1, 0.15) is 17.2 Å². The minimum Gasteiger partial charge on any atom is -0.373 e. The molecule has 2 heterocycles. The summed E-state index contributed by atoms with van der Waals surface area (Å²) < 4.78 is 38.4. The summed E-state index contributed by atoms with van der Waals surface area (Å²) >= 11 is 0. The van der Waals surface area contributed by atoms with Gasteiger partial charge in [0.2, 0.25) is 0 Å². The molecule has 8 heteroatoms. The molecule has 0 aromatic carbocycles. The summed E-state index contributed by atoms with van der Waals surface area (Å²) in [5.41, 5.74) is -0.188. The van der Waals surface area contributed by atoms with E-state index in [1.165, 1.54) is 6.20 Å². The second-order valence-electron chi connectivity index (χ2n) is 3.96. The van der Waals surface area contributed by atoms with Gasteiger partial charge in [0.15, 0.2) is 11.5 Å². The minimum atomic E-state index is -4.44. The lowest BCUT2D eigenvalue weighted by Crippen LogP contribution is -2.10. The normalized spacial score (nSPS) is 11.6. The van der Waals surface area contributed by atoms with E-state index in [-0.39, 0.29) is 6.54 Å². The van der Waals surface area contributed by atoms with Crippen LogP contribution in [-0.2, 0) is 12.7 Å². The van der Waals surface area contributed by atoms with Crippen LogP contribution in [0, 0.1) is 6.92 Å². The van der Waals surface area contributed by atoms with Crippen LogP contribution < -0.4 is 5.32 Å². The van der Waals surface area contributed by atoms with Gasteiger partial charge >= 0.3 is 6.18 Å². The maximum absolute atomic E-state index is 12.4. The second-order valence-corrected chi connectivity index (χ2v) is 3.96. The summed E-state index contributed by atoms with van der Waals surface area (Å²) in [5, 5.41) is 6.32. The van der Waals surface area contributed by atoms with Gasteiger partial charge in [-0.1, -0.05) is 0 Å². The molecule has 0 radical (unpaired) electrons. The highest BCUT2D eigenvalue weighted by atomic mass is 19.4. The Morgan fingerprint density at radius 1 is 1.32 bits per heavy atom. The van der Waals surface area contributed by atoms with Gasteiger partial charge in [-0.3, -0.25) is 4.68 Å². The third-order valence-corrected chi connectivity index (χ3v) is 2.39. The molecule has 0 spiro atoms. The van der Waals surface area contributed by atoms with E-state index in [9.17, 15) is 13.2 Å². The first-order chi connectivity index (χ1) is 8.88. The van der Waals surface area contributed by atoms with Crippen LogP contribution in [0.15, 0.2) is 18.3 Å². The van der Waals surface area contributed by atoms with E-state index in [4.69, 9.17) is 0 Å². The lowest BCUT2D eigenvalue weighted by atomic mass is 10.4. The van der Waals surface area contributed by atoms with Crippen molar-refractivity contribution in [1.29, 1.82) is 0 Å². The molecule has 2 rings (SSSR count). The fraction of sp³-hybridized carbons (Fsp3) is 0.364. The maximum Gasteiger partial charge on any atom is 0.435 e. The van der Waals surface area contributed by atoms with Crippen molar-refractivity contribution >= 4 is 5.82 Å². The quantitative estimate of drug-likeness (QED) is 0.928. The highest BCUT2D eigenvalue weighted by Gasteiger charge is 2.33. The van der Waals surface area contributed by atoms with E-state index < -0.39 is 11.9 Å². The fourth-order valence-corrected chi connectivity index (χ4v) is 1.57. The third kappa shape index (κ3) is 3.21. The molecule has 0 bridgehead atoms. The molecule has 102 valence electrons. The van der Waals surface area contributed by atoms with Gasteiger partial charge in [-0.25, -0.2) is 9.97 Å². The number of anilines is 1. The Hall–Kier alpha value is -2.12. The maximum atomic E-state index is 12.4. The third-order valence-electron chi connectivity index (χ3n) is 2.39. The zero-order valence-corrected chi connectivity index (χ0v) is 10.4. The van der Waals surface area contributed by atoms with Crippen LogP contribution in [-0.4, -0.2) is 26.8 Å². The summed E-state index contributed by atoms with van der Waals surface area (Å²) in [6.45, 7) is 1.88. The van der Waals surface area contributed by atoms with Gasteiger partial charge in [0, 0.05) is 25.0 Å². The number of alkyl halides is 3. The van der Waals surface area contributed by atoms with Crippen molar-refractivity contribution in [3.63, 3.8) is 0 Å². The van der Waals surface area contributed by atoms with Crippen molar-refractivity contribution in [3.8, 4) is 0 Å². The molecule has 1 N–H and O–H groups in total. The Bertz CT molecular complexity index is 576. The molecule has 0 atom stereocenters. The first-order valence-corrected chi connectivity index (χ1v) is 5.51. The molecule has 0 saturated carbocycles. The zero-order chi connectivity index (χ0) is 14.0. The van der Waals surface area contributed by atoms with E-state index in [0.717, 1.165) is 16.4 Å². The second kappa shape index (κ2) is 4.87. The lowest BCUT2D eigenvalue weighted by Gasteiger charge is -2.06. The Morgan fingerprint density at radius 3 is 2.63 bits per heavy atom. The molecule has 0 amide bonds. The van der Waals surface area contributed by atoms with Gasteiger partial charge in [-0.2, -0.15) is 18.3 Å². The largest absolute Gasteiger partial charge is 0.435 e. The predicted octanol–water partition coefficient (Wildman–Crippen LogP) is 2.09. The molecule has 0 saturated heterocycles. The highest BCUT2D eigenvalue weighted by molar-refractivity contribution is 5.34. The first kappa shape index (κ1) is 13.3. The van der Waals surface area contributed by atoms with Gasteiger partial charge in [-0.15, -0.1) is 0 Å². The summed E-state index contributed by atoms with van der Waals surface area (Å²) in [6.07, 6.45) is -3.18. The molecule has 0 aliphatic carbocycles. The molecular weight excluding hydrogens is 259 g/mol. The topological polar surface area (TPSA) is 55.6 Å². The number of rotatable bonds is 3. The number of aryl methyl sites for hydroxylation is 1. The molecule has 2 aromatic rings. The predicted molar refractivity (Wildman–Crippen MR) is 62.6 cm³/mol. The average Bonchev–Trinajstić information content (AvgIpc) is 2.76. The molecule has 0 unspecified atom stereocenters. The van der Waals surface area contributed by atoms with E-state index in [1.54, 1.807) is 20.0 Å². The van der Waals surface area contributed by atoms with Crippen LogP contribution in [0.4, 0.5) is 19.0 Å².